The van der Waals surface area contributed by atoms with E-state index in [1.165, 1.54) is 29.9 Å². The summed E-state index contributed by atoms with van der Waals surface area (Å²) in [5, 5.41) is 7.75. The lowest BCUT2D eigenvalue weighted by atomic mass is 10.1. The fraction of sp³-hybridized carbons (Fsp3) is 0.136. The monoisotopic (exact) mass is 487 g/mol. The zero-order valence-electron chi connectivity index (χ0n) is 18.2. The van der Waals surface area contributed by atoms with Crippen molar-refractivity contribution in [1.29, 1.82) is 0 Å². The Bertz CT molecular complexity index is 1500. The highest BCUT2D eigenvalue weighted by molar-refractivity contribution is 6.00. The predicted molar refractivity (Wildman–Crippen MR) is 122 cm³/mol. The van der Waals surface area contributed by atoms with Gasteiger partial charge < -0.3 is 16.0 Å². The molecule has 3 heterocycles. The van der Waals surface area contributed by atoms with Crippen molar-refractivity contribution in [3.8, 4) is 11.1 Å². The highest BCUT2D eigenvalue weighted by Gasteiger charge is 2.31. The van der Waals surface area contributed by atoms with Gasteiger partial charge in [0, 0.05) is 37.4 Å². The zero-order chi connectivity index (χ0) is 25.3. The molecule has 0 spiro atoms. The molecule has 1 aromatic carbocycles. The molecule has 180 valence electrons. The van der Waals surface area contributed by atoms with Crippen LogP contribution in [0.5, 0.6) is 0 Å². The molecular formula is C22H17F4N7O2. The average molecular weight is 487 g/mol. The van der Waals surface area contributed by atoms with Crippen molar-refractivity contribution in [2.24, 2.45) is 7.05 Å². The number of benzene rings is 1. The second-order valence-corrected chi connectivity index (χ2v) is 7.38. The van der Waals surface area contributed by atoms with Gasteiger partial charge in [0.1, 0.15) is 11.5 Å². The van der Waals surface area contributed by atoms with E-state index in [0.717, 1.165) is 12.3 Å². The third kappa shape index (κ3) is 4.88. The quantitative estimate of drug-likeness (QED) is 0.371. The lowest BCUT2D eigenvalue weighted by molar-refractivity contribution is -0.137. The van der Waals surface area contributed by atoms with E-state index in [9.17, 15) is 27.2 Å². The lowest BCUT2D eigenvalue weighted by Crippen LogP contribution is -2.21. The summed E-state index contributed by atoms with van der Waals surface area (Å²) < 4.78 is 54.3. The number of fused-ring (bicyclic) bond motifs is 1. The van der Waals surface area contributed by atoms with Crippen molar-refractivity contribution in [2.45, 2.75) is 6.18 Å². The minimum Gasteiger partial charge on any atom is -0.357 e. The van der Waals surface area contributed by atoms with Gasteiger partial charge in [-0.3, -0.25) is 14.3 Å². The number of pyridine rings is 2. The molecule has 35 heavy (non-hydrogen) atoms. The van der Waals surface area contributed by atoms with Crippen molar-refractivity contribution >= 4 is 34.4 Å². The van der Waals surface area contributed by atoms with E-state index in [1.54, 1.807) is 13.1 Å². The van der Waals surface area contributed by atoms with Crippen LogP contribution in [0, 0.1) is 5.82 Å². The first kappa shape index (κ1) is 23.6. The van der Waals surface area contributed by atoms with E-state index in [4.69, 9.17) is 0 Å². The number of alkyl halides is 3. The smallest absolute Gasteiger partial charge is 0.357 e. The van der Waals surface area contributed by atoms with Crippen LogP contribution in [0.4, 0.5) is 39.7 Å². The number of aromatic nitrogens is 4. The molecule has 4 aromatic rings. The van der Waals surface area contributed by atoms with Crippen LogP contribution in [0.15, 0.2) is 53.7 Å². The summed E-state index contributed by atoms with van der Waals surface area (Å²) >= 11 is 0. The molecular weight excluding hydrogens is 470 g/mol. The minimum absolute atomic E-state index is 0.200. The molecule has 0 aliphatic heterocycles. The molecule has 4 rings (SSSR count). The number of urea groups is 1. The Kier molecular flexibility index (Phi) is 6.07. The maximum absolute atomic E-state index is 14.4. The summed E-state index contributed by atoms with van der Waals surface area (Å²) in [6.07, 6.45) is -1.49. The van der Waals surface area contributed by atoms with Gasteiger partial charge in [-0.25, -0.2) is 14.2 Å². The van der Waals surface area contributed by atoms with Crippen LogP contribution in [0.2, 0.25) is 0 Å². The van der Waals surface area contributed by atoms with E-state index < -0.39 is 29.1 Å². The molecule has 13 heteroatoms. The Hall–Kier alpha value is -4.55. The van der Waals surface area contributed by atoms with E-state index >= 15 is 0 Å². The Morgan fingerprint density at radius 3 is 2.54 bits per heavy atom. The second-order valence-electron chi connectivity index (χ2n) is 7.38. The number of aryl methyl sites for hydroxylation is 1. The highest BCUT2D eigenvalue weighted by Crippen LogP contribution is 2.30. The highest BCUT2D eigenvalue weighted by atomic mass is 19.4. The molecule has 3 aromatic heterocycles. The van der Waals surface area contributed by atoms with E-state index in [1.807, 2.05) is 0 Å². The fourth-order valence-corrected chi connectivity index (χ4v) is 3.31. The Morgan fingerprint density at radius 1 is 1.06 bits per heavy atom. The summed E-state index contributed by atoms with van der Waals surface area (Å²) in [5.74, 6) is -0.485. The molecule has 0 atom stereocenters. The van der Waals surface area contributed by atoms with Crippen LogP contribution in [-0.2, 0) is 13.2 Å². The van der Waals surface area contributed by atoms with Gasteiger partial charge in [0.2, 0.25) is 5.95 Å². The second kappa shape index (κ2) is 9.00. The van der Waals surface area contributed by atoms with E-state index in [-0.39, 0.29) is 16.9 Å². The summed E-state index contributed by atoms with van der Waals surface area (Å²) in [6.45, 7) is 0. The number of carbonyl (C=O) groups is 1. The first-order chi connectivity index (χ1) is 16.6. The predicted octanol–water partition coefficient (Wildman–Crippen LogP) is 4.23. The van der Waals surface area contributed by atoms with Crippen LogP contribution in [0.3, 0.4) is 0 Å². The third-order valence-corrected chi connectivity index (χ3v) is 5.02. The first-order valence-electron chi connectivity index (χ1n) is 10.0. The summed E-state index contributed by atoms with van der Waals surface area (Å²) in [4.78, 5) is 37.1. The number of hydrogen-bond acceptors (Lipinski definition) is 6. The summed E-state index contributed by atoms with van der Waals surface area (Å²) in [5.41, 5.74) is -1.12. The third-order valence-electron chi connectivity index (χ3n) is 5.02. The van der Waals surface area contributed by atoms with Gasteiger partial charge in [-0.1, -0.05) is 6.07 Å². The Balaban J connectivity index is 1.63. The molecule has 0 saturated carbocycles. The molecule has 0 aliphatic carbocycles. The first-order valence-corrected chi connectivity index (χ1v) is 10.0. The van der Waals surface area contributed by atoms with Gasteiger partial charge >= 0.3 is 12.2 Å². The van der Waals surface area contributed by atoms with Gasteiger partial charge in [0.25, 0.3) is 5.56 Å². The number of carbonyl (C=O) groups excluding carboxylic acids is 1. The molecule has 2 amide bonds. The van der Waals surface area contributed by atoms with E-state index in [2.05, 4.69) is 30.9 Å². The number of halogens is 4. The summed E-state index contributed by atoms with van der Waals surface area (Å²) in [7, 11) is 3.17. The molecule has 0 radical (unpaired) electrons. The summed E-state index contributed by atoms with van der Waals surface area (Å²) in [6, 6.07) is 4.90. The van der Waals surface area contributed by atoms with Crippen LogP contribution >= 0.6 is 0 Å². The molecule has 0 aliphatic rings. The normalized spacial score (nSPS) is 11.4. The van der Waals surface area contributed by atoms with Gasteiger partial charge in [0.15, 0.2) is 0 Å². The fourth-order valence-electron chi connectivity index (χ4n) is 3.31. The number of amides is 2. The number of rotatable bonds is 4. The van der Waals surface area contributed by atoms with Crippen molar-refractivity contribution in [2.75, 3.05) is 23.0 Å². The maximum atomic E-state index is 14.4. The average Bonchev–Trinajstić information content (AvgIpc) is 2.82. The van der Waals surface area contributed by atoms with Crippen molar-refractivity contribution in [3.63, 3.8) is 0 Å². The van der Waals surface area contributed by atoms with Gasteiger partial charge in [-0.05, 0) is 29.8 Å². The standard InChI is InChI=1S/C22H17F4N7O2/c1-27-20-29-8-12-5-15(19(34)33(2)18(12)32-20)11-3-4-16(23)17(6-11)31-21(35)30-14-7-13(9-28-10-14)22(24,25)26/h3-10H,1-2H3,(H,27,29,32)(H2,30,31,35). The number of nitrogens with one attached hydrogen (secondary N) is 3. The largest absolute Gasteiger partial charge is 0.417 e. The molecule has 3 N–H and O–H groups in total. The molecule has 0 unspecified atom stereocenters. The molecule has 9 nitrogen and oxygen atoms in total. The van der Waals surface area contributed by atoms with Crippen molar-refractivity contribution < 1.29 is 22.4 Å². The molecule has 0 bridgehead atoms. The van der Waals surface area contributed by atoms with Crippen molar-refractivity contribution in [3.05, 3.63) is 70.7 Å². The zero-order valence-corrected chi connectivity index (χ0v) is 18.2. The van der Waals surface area contributed by atoms with Crippen LogP contribution < -0.4 is 21.5 Å². The van der Waals surface area contributed by atoms with Crippen molar-refractivity contribution in [1.82, 2.24) is 19.5 Å². The Labute approximate surface area is 194 Å². The lowest BCUT2D eigenvalue weighted by Gasteiger charge is -2.12. The SMILES string of the molecule is CNc1ncc2cc(-c3ccc(F)c(NC(=O)Nc4cncc(C(F)(F)F)c4)c3)c(=O)n(C)c2n1. The van der Waals surface area contributed by atoms with Gasteiger partial charge in [-0.15, -0.1) is 0 Å². The maximum Gasteiger partial charge on any atom is 0.417 e. The Morgan fingerprint density at radius 2 is 1.83 bits per heavy atom. The van der Waals surface area contributed by atoms with Gasteiger partial charge in [0.05, 0.1) is 23.1 Å². The van der Waals surface area contributed by atoms with Gasteiger partial charge in [-0.2, -0.15) is 18.2 Å². The number of anilines is 3. The van der Waals surface area contributed by atoms with E-state index in [0.29, 0.717) is 34.8 Å². The molecule has 0 saturated heterocycles. The minimum atomic E-state index is -4.65. The number of nitrogens with zero attached hydrogens (tertiary/aromatic N) is 4. The van der Waals surface area contributed by atoms with Crippen LogP contribution in [0.1, 0.15) is 5.56 Å². The topological polar surface area (TPSA) is 114 Å². The van der Waals surface area contributed by atoms with Crippen LogP contribution in [0.25, 0.3) is 22.2 Å². The van der Waals surface area contributed by atoms with Crippen LogP contribution in [-0.4, -0.2) is 32.6 Å². The number of hydrogen-bond donors (Lipinski definition) is 3. The molecule has 0 fully saturated rings.